The number of carbonyl (C=O) groups is 3. The zero-order chi connectivity index (χ0) is 32.3. The molecule has 5 atom stereocenters. The number of carbonyl (C=O) groups excluding carboxylic acids is 3. The van der Waals surface area contributed by atoms with Gasteiger partial charge in [-0.1, -0.05) is 6.92 Å². The van der Waals surface area contributed by atoms with E-state index in [9.17, 15) is 43.2 Å². The number of allylic oxidation sites excluding steroid dienone is 1. The number of aromatic hydroxyl groups is 1. The van der Waals surface area contributed by atoms with Crippen LogP contribution in [0.5, 0.6) is 11.5 Å². The molecule has 0 bridgehead atoms. The van der Waals surface area contributed by atoms with Crippen LogP contribution in [0.3, 0.4) is 0 Å². The third-order valence-electron chi connectivity index (χ3n) is 9.37. The van der Waals surface area contributed by atoms with Gasteiger partial charge in [0.05, 0.1) is 25.0 Å². The van der Waals surface area contributed by atoms with E-state index in [4.69, 9.17) is 10.5 Å². The molecule has 4 aliphatic rings. The van der Waals surface area contributed by atoms with Crippen molar-refractivity contribution in [2.45, 2.75) is 50.3 Å². The van der Waals surface area contributed by atoms with E-state index in [1.807, 2.05) is 6.92 Å². The molecule has 0 aromatic heterocycles. The van der Waals surface area contributed by atoms with Gasteiger partial charge in [-0.25, -0.2) is 13.1 Å². The van der Waals surface area contributed by atoms with Crippen molar-refractivity contribution in [2.24, 2.45) is 17.6 Å². The van der Waals surface area contributed by atoms with Crippen LogP contribution in [0, 0.1) is 11.8 Å². The summed E-state index contributed by atoms with van der Waals surface area (Å²) in [5, 5.41) is 48.4. The molecule has 1 fully saturated rings. The maximum atomic E-state index is 14.0. The number of methoxy groups -OCH3 is 1. The number of aliphatic hydroxyl groups is 3. The number of Topliss-reactive ketones (excluding diaryl/α,β-unsaturated/α-hetero) is 2. The van der Waals surface area contributed by atoms with Crippen molar-refractivity contribution < 1.29 is 48.0 Å². The number of fused-ring (bicyclic) bond motifs is 3. The predicted octanol–water partition coefficient (Wildman–Crippen LogP) is -0.137. The van der Waals surface area contributed by atoms with Gasteiger partial charge in [-0.15, -0.1) is 0 Å². The number of ether oxygens (including phenoxy) is 1. The van der Waals surface area contributed by atoms with E-state index in [0.717, 1.165) is 37.8 Å². The number of phenols is 1. The Labute approximate surface area is 254 Å². The summed E-state index contributed by atoms with van der Waals surface area (Å²) in [5.74, 6) is -7.19. The first-order valence-electron chi connectivity index (χ1n) is 14.5. The quantitative estimate of drug-likeness (QED) is 0.139. The predicted molar refractivity (Wildman–Crippen MR) is 157 cm³/mol. The van der Waals surface area contributed by atoms with Crippen molar-refractivity contribution in [2.75, 3.05) is 39.5 Å². The van der Waals surface area contributed by atoms with E-state index in [-0.39, 0.29) is 48.9 Å². The smallest absolute Gasteiger partial charge is 0.255 e. The molecule has 15 heteroatoms. The van der Waals surface area contributed by atoms with Crippen LogP contribution in [-0.2, 0) is 26.0 Å². The van der Waals surface area contributed by atoms with Crippen LogP contribution in [0.4, 0.5) is 0 Å². The minimum atomic E-state index is -3.56. The second-order valence-electron chi connectivity index (χ2n) is 11.8. The molecular weight excluding hydrogens is 596 g/mol. The number of nitrogens with zero attached hydrogens (tertiary/aromatic N) is 1. The van der Waals surface area contributed by atoms with E-state index in [1.54, 1.807) is 0 Å². The summed E-state index contributed by atoms with van der Waals surface area (Å²) in [6, 6.07) is 0.136. The number of likely N-dealkylation sites (tertiary alicyclic amines) is 1. The van der Waals surface area contributed by atoms with Crippen LogP contribution in [0.25, 0.3) is 0 Å². The number of nitrogens with one attached hydrogen (secondary N) is 2. The molecule has 1 heterocycles. The molecule has 1 aliphatic heterocycles. The monoisotopic (exact) mass is 634 g/mol. The van der Waals surface area contributed by atoms with Gasteiger partial charge in [-0.05, 0) is 50.8 Å². The van der Waals surface area contributed by atoms with Crippen LogP contribution < -0.4 is 20.5 Å². The molecule has 240 valence electrons. The summed E-state index contributed by atoms with van der Waals surface area (Å²) < 4.78 is 31.1. The van der Waals surface area contributed by atoms with Crippen molar-refractivity contribution >= 4 is 27.5 Å². The summed E-state index contributed by atoms with van der Waals surface area (Å²) >= 11 is 0. The van der Waals surface area contributed by atoms with E-state index in [0.29, 0.717) is 11.3 Å². The average Bonchev–Trinajstić information content (AvgIpc) is 3.42. The highest BCUT2D eigenvalue weighted by molar-refractivity contribution is 7.88. The first kappa shape index (κ1) is 31.9. The maximum absolute atomic E-state index is 14.0. The molecule has 0 saturated carbocycles. The molecule has 14 nitrogen and oxygen atoms in total. The minimum absolute atomic E-state index is 0.0394. The summed E-state index contributed by atoms with van der Waals surface area (Å²) in [7, 11) is -2.08. The van der Waals surface area contributed by atoms with Crippen LogP contribution in [0.15, 0.2) is 28.7 Å². The van der Waals surface area contributed by atoms with Crippen molar-refractivity contribution in [3.05, 3.63) is 45.4 Å². The highest BCUT2D eigenvalue weighted by atomic mass is 32.2. The lowest BCUT2D eigenvalue weighted by Crippen LogP contribution is -2.64. The van der Waals surface area contributed by atoms with Gasteiger partial charge in [0.2, 0.25) is 15.8 Å². The lowest BCUT2D eigenvalue weighted by atomic mass is 9.58. The van der Waals surface area contributed by atoms with Gasteiger partial charge in [0.25, 0.3) is 5.91 Å². The molecule has 1 aromatic rings. The van der Waals surface area contributed by atoms with Crippen LogP contribution in [0.2, 0.25) is 0 Å². The molecule has 1 saturated heterocycles. The number of rotatable bonds is 9. The number of phenolic OH excluding ortho intramolecular Hbond substituents is 1. The van der Waals surface area contributed by atoms with Gasteiger partial charge in [-0.3, -0.25) is 19.3 Å². The van der Waals surface area contributed by atoms with Gasteiger partial charge in [0, 0.05) is 41.7 Å². The Bertz CT molecular complexity index is 1600. The molecule has 3 aliphatic carbocycles. The number of primary amides is 1. The average molecular weight is 635 g/mol. The summed E-state index contributed by atoms with van der Waals surface area (Å²) in [6.45, 7) is 3.46. The number of hydrogen-bond acceptors (Lipinski definition) is 12. The fourth-order valence-corrected chi connectivity index (χ4v) is 7.97. The fourth-order valence-electron chi connectivity index (χ4n) is 7.50. The molecule has 5 rings (SSSR count). The molecular formula is C29H38N4O10S. The van der Waals surface area contributed by atoms with Gasteiger partial charge < -0.3 is 36.2 Å². The van der Waals surface area contributed by atoms with Crippen molar-refractivity contribution in [1.29, 1.82) is 0 Å². The molecule has 0 radical (unpaired) electrons. The first-order chi connectivity index (χ1) is 20.7. The van der Waals surface area contributed by atoms with Crippen LogP contribution >= 0.6 is 0 Å². The second kappa shape index (κ2) is 11.5. The van der Waals surface area contributed by atoms with E-state index < -0.39 is 68.1 Å². The Morgan fingerprint density at radius 1 is 1.23 bits per heavy atom. The number of ketones is 2. The maximum Gasteiger partial charge on any atom is 0.255 e. The minimum Gasteiger partial charge on any atom is -0.510 e. The van der Waals surface area contributed by atoms with Gasteiger partial charge in [-0.2, -0.15) is 0 Å². The van der Waals surface area contributed by atoms with E-state index in [1.165, 1.54) is 13.2 Å². The topological polar surface area (TPSA) is 229 Å². The SMILES string of the molecule is CCN1CCC[C@H]1c1cc(O)c2c(c1OC)C[C@H]1C[C@H]3[C@H](NCCNS(C)(=O)=O)C(O)=C(C(N)=O)C(=O)[C@@]3(O)C(O)=C1C2=O. The largest absolute Gasteiger partial charge is 0.510 e. The first-order valence-corrected chi connectivity index (χ1v) is 16.4. The Kier molecular flexibility index (Phi) is 8.31. The number of aliphatic hydroxyl groups excluding tert-OH is 2. The highest BCUT2D eigenvalue weighted by Gasteiger charge is 2.63. The normalized spacial score (nSPS) is 29.0. The van der Waals surface area contributed by atoms with Crippen LogP contribution in [-0.4, -0.2) is 102 Å². The number of benzene rings is 1. The Morgan fingerprint density at radius 3 is 2.55 bits per heavy atom. The summed E-state index contributed by atoms with van der Waals surface area (Å²) in [4.78, 5) is 42.0. The van der Waals surface area contributed by atoms with Gasteiger partial charge in [0.1, 0.15) is 28.6 Å². The standard InChI is InChI=1S/C29H38N4O10S/c1-4-33-9-5-6-17(33)14-12-18(34)20-15(25(14)43-2)10-13-11-16-22(31-7-8-32-44(3,41)42)24(36)21(28(30)39)27(38)29(16,40)26(37)19(13)23(20)35/h12-13,16-17,22,31-32,34,36-37,40H,4-11H2,1-3H3,(H2,30,39)/t13-,16-,17-,22-,29-/m0/s1. The number of nitrogens with two attached hydrogens (primary N) is 1. The fraction of sp³-hybridized carbons (Fsp3) is 0.552. The van der Waals surface area contributed by atoms with Gasteiger partial charge >= 0.3 is 0 Å². The number of sulfonamides is 1. The molecule has 1 amide bonds. The number of amides is 1. The van der Waals surface area contributed by atoms with Crippen molar-refractivity contribution in [3.8, 4) is 11.5 Å². The van der Waals surface area contributed by atoms with E-state index in [2.05, 4.69) is 14.9 Å². The molecule has 8 N–H and O–H groups in total. The lowest BCUT2D eigenvalue weighted by Gasteiger charge is -2.49. The lowest BCUT2D eigenvalue weighted by molar-refractivity contribution is -0.146. The summed E-state index contributed by atoms with van der Waals surface area (Å²) in [5.41, 5.74) is 2.40. The zero-order valence-corrected chi connectivity index (χ0v) is 25.5. The third kappa shape index (κ3) is 4.96. The Hall–Kier alpha value is -3.50. The highest BCUT2D eigenvalue weighted by Crippen LogP contribution is 2.54. The molecule has 0 unspecified atom stereocenters. The van der Waals surface area contributed by atoms with Crippen molar-refractivity contribution in [3.63, 3.8) is 0 Å². The third-order valence-corrected chi connectivity index (χ3v) is 10.1. The Balaban J connectivity index is 1.61. The molecule has 1 aromatic carbocycles. The Morgan fingerprint density at radius 2 is 1.93 bits per heavy atom. The van der Waals surface area contributed by atoms with E-state index >= 15 is 0 Å². The van der Waals surface area contributed by atoms with Crippen LogP contribution in [0.1, 0.15) is 53.7 Å². The zero-order valence-electron chi connectivity index (χ0n) is 24.7. The van der Waals surface area contributed by atoms with Gasteiger partial charge in [0.15, 0.2) is 11.4 Å². The van der Waals surface area contributed by atoms with Crippen molar-refractivity contribution in [1.82, 2.24) is 14.9 Å². The molecule has 0 spiro atoms. The molecule has 44 heavy (non-hydrogen) atoms. The summed E-state index contributed by atoms with van der Waals surface area (Å²) in [6.07, 6.45) is 2.73. The number of hydrogen-bond donors (Lipinski definition) is 7. The second-order valence-corrected chi connectivity index (χ2v) is 13.6.